The molecule has 0 unspecified atom stereocenters. The van der Waals surface area contributed by atoms with E-state index in [0.29, 0.717) is 11.0 Å². The number of carbonyl (C=O) groups excluding carboxylic acids is 2. The van der Waals surface area contributed by atoms with Crippen LogP contribution in [0.4, 0.5) is 8.78 Å². The Morgan fingerprint density at radius 3 is 2.44 bits per heavy atom. The van der Waals surface area contributed by atoms with Crippen molar-refractivity contribution in [3.63, 3.8) is 0 Å². The van der Waals surface area contributed by atoms with Gasteiger partial charge in [0, 0.05) is 10.9 Å². The maximum Gasteiger partial charge on any atom is 0.387 e. The first kappa shape index (κ1) is 18.2. The number of esters is 1. The molecule has 2 aromatic carbocycles. The first-order valence-electron chi connectivity index (χ1n) is 7.72. The number of rotatable bonds is 6. The highest BCUT2D eigenvalue weighted by Crippen LogP contribution is 2.16. The fraction of sp³-hybridized carbons (Fsp3) is 0.105. The molecule has 1 aromatic heterocycles. The van der Waals surface area contributed by atoms with Crippen molar-refractivity contribution < 1.29 is 32.3 Å². The smallest absolute Gasteiger partial charge is 0.387 e. The van der Waals surface area contributed by atoms with Gasteiger partial charge in [0.05, 0.1) is 0 Å². The minimum Gasteiger partial charge on any atom is -0.453 e. The Morgan fingerprint density at radius 1 is 1.04 bits per heavy atom. The number of para-hydroxylation sites is 1. The SMILES string of the molecule is O=C(COC(=O)c1cc2ccccc2oc1=O)c1ccc(OC(F)F)cc1. The van der Waals surface area contributed by atoms with Gasteiger partial charge in [-0.05, 0) is 36.4 Å². The van der Waals surface area contributed by atoms with Crippen molar-refractivity contribution in [3.8, 4) is 5.75 Å². The predicted octanol–water partition coefficient (Wildman–Crippen LogP) is 3.43. The minimum atomic E-state index is -2.97. The highest BCUT2D eigenvalue weighted by atomic mass is 19.3. The molecule has 27 heavy (non-hydrogen) atoms. The van der Waals surface area contributed by atoms with Gasteiger partial charge in [-0.25, -0.2) is 9.59 Å². The van der Waals surface area contributed by atoms with E-state index >= 15 is 0 Å². The molecule has 0 radical (unpaired) electrons. The number of alkyl halides is 2. The Morgan fingerprint density at radius 2 is 1.74 bits per heavy atom. The summed E-state index contributed by atoms with van der Waals surface area (Å²) in [5, 5.41) is 0.532. The first-order valence-corrected chi connectivity index (χ1v) is 7.72. The highest BCUT2D eigenvalue weighted by molar-refractivity contribution is 5.99. The van der Waals surface area contributed by atoms with Gasteiger partial charge in [0.1, 0.15) is 16.9 Å². The fourth-order valence-electron chi connectivity index (χ4n) is 2.32. The van der Waals surface area contributed by atoms with E-state index in [2.05, 4.69) is 4.74 Å². The monoisotopic (exact) mass is 374 g/mol. The number of fused-ring (bicyclic) bond motifs is 1. The second kappa shape index (κ2) is 7.77. The lowest BCUT2D eigenvalue weighted by atomic mass is 10.1. The molecule has 1 heterocycles. The molecule has 0 fully saturated rings. The summed E-state index contributed by atoms with van der Waals surface area (Å²) in [6.45, 7) is -3.60. The lowest BCUT2D eigenvalue weighted by Crippen LogP contribution is -2.20. The largest absolute Gasteiger partial charge is 0.453 e. The van der Waals surface area contributed by atoms with Crippen LogP contribution in [0.2, 0.25) is 0 Å². The van der Waals surface area contributed by atoms with E-state index in [1.165, 1.54) is 30.3 Å². The summed E-state index contributed by atoms with van der Waals surface area (Å²) in [4.78, 5) is 36.0. The molecule has 3 aromatic rings. The van der Waals surface area contributed by atoms with Crippen LogP contribution in [-0.4, -0.2) is 25.0 Å². The van der Waals surface area contributed by atoms with Gasteiger partial charge in [0.25, 0.3) is 0 Å². The Labute approximate surface area is 150 Å². The molecule has 0 saturated carbocycles. The average molecular weight is 374 g/mol. The van der Waals surface area contributed by atoms with E-state index in [1.807, 2.05) is 0 Å². The zero-order valence-electron chi connectivity index (χ0n) is 13.7. The van der Waals surface area contributed by atoms with Gasteiger partial charge in [-0.1, -0.05) is 18.2 Å². The summed E-state index contributed by atoms with van der Waals surface area (Å²) in [6.07, 6.45) is 0. The third-order valence-electron chi connectivity index (χ3n) is 3.60. The summed E-state index contributed by atoms with van der Waals surface area (Å²) in [5.41, 5.74) is -0.752. The Hall–Kier alpha value is -3.55. The van der Waals surface area contributed by atoms with Crippen LogP contribution in [-0.2, 0) is 4.74 Å². The molecule has 3 rings (SSSR count). The predicted molar refractivity (Wildman–Crippen MR) is 90.2 cm³/mol. The van der Waals surface area contributed by atoms with Gasteiger partial charge in [-0.2, -0.15) is 8.78 Å². The lowest BCUT2D eigenvalue weighted by Gasteiger charge is -2.06. The highest BCUT2D eigenvalue weighted by Gasteiger charge is 2.17. The summed E-state index contributed by atoms with van der Waals surface area (Å²) >= 11 is 0. The van der Waals surface area contributed by atoms with Gasteiger partial charge in [0.15, 0.2) is 12.4 Å². The third kappa shape index (κ3) is 4.35. The van der Waals surface area contributed by atoms with Crippen molar-refractivity contribution in [2.24, 2.45) is 0 Å². The molecule has 0 aliphatic carbocycles. The number of ether oxygens (including phenoxy) is 2. The zero-order valence-corrected chi connectivity index (χ0v) is 13.7. The molecule has 0 N–H and O–H groups in total. The second-order valence-electron chi connectivity index (χ2n) is 5.39. The van der Waals surface area contributed by atoms with E-state index in [4.69, 9.17) is 9.15 Å². The molecule has 138 valence electrons. The van der Waals surface area contributed by atoms with Crippen LogP contribution in [0, 0.1) is 0 Å². The molecule has 0 bridgehead atoms. The van der Waals surface area contributed by atoms with Gasteiger partial charge in [0.2, 0.25) is 0 Å². The first-order chi connectivity index (χ1) is 12.9. The van der Waals surface area contributed by atoms with Crippen LogP contribution >= 0.6 is 0 Å². The molecule has 0 aliphatic rings. The van der Waals surface area contributed by atoms with Gasteiger partial charge < -0.3 is 13.9 Å². The quantitative estimate of drug-likeness (QED) is 0.373. The molecule has 0 atom stereocenters. The van der Waals surface area contributed by atoms with E-state index in [9.17, 15) is 23.2 Å². The van der Waals surface area contributed by atoms with Crippen molar-refractivity contribution in [1.29, 1.82) is 0 Å². The zero-order chi connectivity index (χ0) is 19.4. The second-order valence-corrected chi connectivity index (χ2v) is 5.39. The summed E-state index contributed by atoms with van der Waals surface area (Å²) in [5.74, 6) is -1.68. The minimum absolute atomic E-state index is 0.104. The topological polar surface area (TPSA) is 82.8 Å². The number of halogens is 2. The molecule has 0 spiro atoms. The molecule has 0 saturated heterocycles. The number of carbonyl (C=O) groups is 2. The molecular formula is C19H12F2O6. The molecule has 0 amide bonds. The Balaban J connectivity index is 1.67. The molecule has 6 nitrogen and oxygen atoms in total. The average Bonchev–Trinajstić information content (AvgIpc) is 2.65. The van der Waals surface area contributed by atoms with E-state index in [0.717, 1.165) is 0 Å². The number of hydrogen-bond acceptors (Lipinski definition) is 6. The van der Waals surface area contributed by atoms with Crippen LogP contribution < -0.4 is 10.4 Å². The number of hydrogen-bond donors (Lipinski definition) is 0. The third-order valence-corrected chi connectivity index (χ3v) is 3.60. The van der Waals surface area contributed by atoms with E-state index in [1.54, 1.807) is 24.3 Å². The molecule has 0 aliphatic heterocycles. The van der Waals surface area contributed by atoms with E-state index < -0.39 is 30.6 Å². The Kier molecular flexibility index (Phi) is 5.25. The van der Waals surface area contributed by atoms with Crippen LogP contribution in [0.3, 0.4) is 0 Å². The van der Waals surface area contributed by atoms with Crippen LogP contribution in [0.15, 0.2) is 63.8 Å². The normalized spacial score (nSPS) is 10.8. The van der Waals surface area contributed by atoms with Crippen LogP contribution in [0.25, 0.3) is 11.0 Å². The standard InChI is InChI=1S/C19H12F2O6/c20-19(21)26-13-7-5-11(6-8-13)15(22)10-25-17(23)14-9-12-3-1-2-4-16(12)27-18(14)24/h1-9,19H,10H2. The van der Waals surface area contributed by atoms with Crippen molar-refractivity contribution in [2.75, 3.05) is 6.61 Å². The lowest BCUT2D eigenvalue weighted by molar-refractivity contribution is -0.0498. The summed E-state index contributed by atoms with van der Waals surface area (Å²) in [7, 11) is 0. The number of benzene rings is 2. The Bertz CT molecular complexity index is 1040. The van der Waals surface area contributed by atoms with Gasteiger partial charge in [-0.15, -0.1) is 0 Å². The summed E-state index contributed by atoms with van der Waals surface area (Å²) in [6, 6.07) is 12.9. The van der Waals surface area contributed by atoms with Gasteiger partial charge in [-0.3, -0.25) is 4.79 Å². The maximum atomic E-state index is 12.1. The molecule has 8 heteroatoms. The number of ketones is 1. The van der Waals surface area contributed by atoms with Crippen molar-refractivity contribution in [2.45, 2.75) is 6.61 Å². The van der Waals surface area contributed by atoms with Crippen molar-refractivity contribution >= 4 is 22.7 Å². The molecular weight excluding hydrogens is 362 g/mol. The van der Waals surface area contributed by atoms with Crippen LogP contribution in [0.5, 0.6) is 5.75 Å². The number of Topliss-reactive ketones (excluding diaryl/α,β-unsaturated/α-hetero) is 1. The van der Waals surface area contributed by atoms with Crippen molar-refractivity contribution in [3.05, 3.63) is 76.1 Å². The van der Waals surface area contributed by atoms with Crippen LogP contribution in [0.1, 0.15) is 20.7 Å². The fourth-order valence-corrected chi connectivity index (χ4v) is 2.32. The summed E-state index contributed by atoms with van der Waals surface area (Å²) < 4.78 is 38.3. The van der Waals surface area contributed by atoms with E-state index in [-0.39, 0.29) is 16.9 Å². The maximum absolute atomic E-state index is 12.1. The van der Waals surface area contributed by atoms with Gasteiger partial charge >= 0.3 is 18.2 Å². The van der Waals surface area contributed by atoms with Crippen molar-refractivity contribution in [1.82, 2.24) is 0 Å².